The number of carbonyl (C=O) groups is 2. The van der Waals surface area contributed by atoms with Gasteiger partial charge in [-0.1, -0.05) is 12.2 Å². The molecule has 18 heavy (non-hydrogen) atoms. The highest BCUT2D eigenvalue weighted by atomic mass is 16.4. The molecule has 100 valence electrons. The van der Waals surface area contributed by atoms with E-state index in [-0.39, 0.29) is 18.4 Å². The lowest BCUT2D eigenvalue weighted by molar-refractivity contribution is -0.150. The lowest BCUT2D eigenvalue weighted by atomic mass is 9.82. The van der Waals surface area contributed by atoms with E-state index in [0.29, 0.717) is 25.9 Å². The molecule has 2 rings (SSSR count). The summed E-state index contributed by atoms with van der Waals surface area (Å²) in [6.45, 7) is 1.29. The number of hydrogen-bond donors (Lipinski definition) is 2. The molecule has 3 atom stereocenters. The number of nitrogens with zero attached hydrogens (tertiary/aromatic N) is 1. The molecule has 0 bridgehead atoms. The maximum absolute atomic E-state index is 12.3. The van der Waals surface area contributed by atoms with E-state index in [2.05, 4.69) is 0 Å². The Balaban J connectivity index is 2.03. The molecule has 0 radical (unpaired) electrons. The lowest BCUT2D eigenvalue weighted by Gasteiger charge is -2.28. The van der Waals surface area contributed by atoms with Crippen molar-refractivity contribution in [3.05, 3.63) is 12.2 Å². The Morgan fingerprint density at radius 1 is 1.22 bits per heavy atom. The number of carbonyl (C=O) groups excluding carboxylic acids is 1. The average Bonchev–Trinajstić information content (AvgIpc) is 2.86. The Kier molecular flexibility index (Phi) is 4.01. The van der Waals surface area contributed by atoms with Crippen LogP contribution in [0.25, 0.3) is 0 Å². The maximum Gasteiger partial charge on any atom is 0.307 e. The van der Waals surface area contributed by atoms with Crippen LogP contribution in [0.1, 0.15) is 19.3 Å². The van der Waals surface area contributed by atoms with Crippen molar-refractivity contribution in [3.8, 4) is 0 Å². The summed E-state index contributed by atoms with van der Waals surface area (Å²) in [5, 5.41) is 18.2. The van der Waals surface area contributed by atoms with Gasteiger partial charge in [0.15, 0.2) is 0 Å². The number of likely N-dealkylation sites (tertiary alicyclic amines) is 1. The zero-order valence-electron chi connectivity index (χ0n) is 10.3. The third kappa shape index (κ3) is 2.56. The molecule has 5 nitrogen and oxygen atoms in total. The van der Waals surface area contributed by atoms with Crippen LogP contribution >= 0.6 is 0 Å². The molecule has 0 aromatic carbocycles. The molecule has 1 saturated heterocycles. The predicted octanol–water partition coefficient (Wildman–Crippen LogP) is 0.494. The standard InChI is InChI=1S/C13H19NO4/c15-8-9-5-6-14(7-9)12(16)10-3-1-2-4-11(10)13(17)18/h1-2,9-11,15H,3-8H2,(H,17,18)/t9?,10-,11+/m1/s1. The molecule has 2 N–H and O–H groups in total. The number of aliphatic hydroxyl groups excluding tert-OH is 1. The van der Waals surface area contributed by atoms with Crippen molar-refractivity contribution in [1.82, 2.24) is 4.90 Å². The molecule has 0 saturated carbocycles. The van der Waals surface area contributed by atoms with Crippen molar-refractivity contribution in [2.24, 2.45) is 17.8 Å². The van der Waals surface area contributed by atoms with Crippen LogP contribution in [-0.4, -0.2) is 46.7 Å². The molecule has 1 heterocycles. The molecule has 0 aromatic rings. The molecule has 1 unspecified atom stereocenters. The molecule has 0 spiro atoms. The Bertz CT molecular complexity index is 366. The van der Waals surface area contributed by atoms with E-state index < -0.39 is 17.8 Å². The van der Waals surface area contributed by atoms with E-state index in [1.54, 1.807) is 4.90 Å². The first-order chi connectivity index (χ1) is 8.63. The molecular weight excluding hydrogens is 234 g/mol. The summed E-state index contributed by atoms with van der Waals surface area (Å²) in [4.78, 5) is 25.2. The zero-order chi connectivity index (χ0) is 13.1. The van der Waals surface area contributed by atoms with Gasteiger partial charge < -0.3 is 15.1 Å². The Labute approximate surface area is 106 Å². The molecule has 0 aromatic heterocycles. The minimum Gasteiger partial charge on any atom is -0.481 e. The van der Waals surface area contributed by atoms with Crippen LogP contribution in [0.4, 0.5) is 0 Å². The van der Waals surface area contributed by atoms with Gasteiger partial charge in [-0.15, -0.1) is 0 Å². The largest absolute Gasteiger partial charge is 0.481 e. The van der Waals surface area contributed by atoms with Crippen molar-refractivity contribution in [2.75, 3.05) is 19.7 Å². The summed E-state index contributed by atoms with van der Waals surface area (Å²) in [5.41, 5.74) is 0. The van der Waals surface area contributed by atoms with Gasteiger partial charge >= 0.3 is 5.97 Å². The fourth-order valence-electron chi connectivity index (χ4n) is 2.78. The number of carboxylic acids is 1. The van der Waals surface area contributed by atoms with E-state index in [4.69, 9.17) is 10.2 Å². The van der Waals surface area contributed by atoms with Crippen LogP contribution in [0.5, 0.6) is 0 Å². The maximum atomic E-state index is 12.3. The van der Waals surface area contributed by atoms with Gasteiger partial charge in [0.25, 0.3) is 0 Å². The minimum atomic E-state index is -0.893. The third-order valence-corrected chi connectivity index (χ3v) is 3.92. The zero-order valence-corrected chi connectivity index (χ0v) is 10.3. The summed E-state index contributed by atoms with van der Waals surface area (Å²) in [6, 6.07) is 0. The summed E-state index contributed by atoms with van der Waals surface area (Å²) in [6.07, 6.45) is 5.48. The SMILES string of the molecule is O=C(O)[C@H]1CC=CC[C@H]1C(=O)N1CCC(CO)C1. The van der Waals surface area contributed by atoms with Crippen molar-refractivity contribution in [1.29, 1.82) is 0 Å². The average molecular weight is 253 g/mol. The van der Waals surface area contributed by atoms with Crippen LogP contribution in [-0.2, 0) is 9.59 Å². The third-order valence-electron chi connectivity index (χ3n) is 3.92. The van der Waals surface area contributed by atoms with Crippen molar-refractivity contribution in [2.45, 2.75) is 19.3 Å². The number of hydrogen-bond acceptors (Lipinski definition) is 3. The van der Waals surface area contributed by atoms with Gasteiger partial charge in [-0.05, 0) is 19.3 Å². The second-order valence-electron chi connectivity index (χ2n) is 5.12. The lowest BCUT2D eigenvalue weighted by Crippen LogP contribution is -2.40. The monoisotopic (exact) mass is 253 g/mol. The molecule has 1 amide bonds. The molecule has 2 aliphatic rings. The van der Waals surface area contributed by atoms with Crippen LogP contribution in [0.15, 0.2) is 12.2 Å². The molecule has 5 heteroatoms. The van der Waals surface area contributed by atoms with E-state index in [1.165, 1.54) is 0 Å². The number of carboxylic acid groups (broad SMARTS) is 1. The second kappa shape index (κ2) is 5.52. The van der Waals surface area contributed by atoms with Gasteiger partial charge in [-0.3, -0.25) is 9.59 Å². The van der Waals surface area contributed by atoms with Gasteiger partial charge in [0, 0.05) is 25.6 Å². The van der Waals surface area contributed by atoms with Crippen LogP contribution in [0.2, 0.25) is 0 Å². The van der Waals surface area contributed by atoms with Gasteiger partial charge in [-0.2, -0.15) is 0 Å². The van der Waals surface area contributed by atoms with E-state index in [1.807, 2.05) is 12.2 Å². The number of amides is 1. The van der Waals surface area contributed by atoms with Crippen molar-refractivity contribution in [3.63, 3.8) is 0 Å². The molecule has 1 aliphatic heterocycles. The Hall–Kier alpha value is -1.36. The minimum absolute atomic E-state index is 0.0669. The number of aliphatic hydroxyl groups is 1. The highest BCUT2D eigenvalue weighted by Crippen LogP contribution is 2.29. The number of rotatable bonds is 3. The normalized spacial score (nSPS) is 31.6. The van der Waals surface area contributed by atoms with E-state index in [0.717, 1.165) is 6.42 Å². The van der Waals surface area contributed by atoms with Gasteiger partial charge in [-0.25, -0.2) is 0 Å². The summed E-state index contributed by atoms with van der Waals surface area (Å²) in [5.74, 6) is -1.85. The predicted molar refractivity (Wildman–Crippen MR) is 64.8 cm³/mol. The topological polar surface area (TPSA) is 77.8 Å². The van der Waals surface area contributed by atoms with E-state index >= 15 is 0 Å². The highest BCUT2D eigenvalue weighted by Gasteiger charge is 2.38. The fraction of sp³-hybridized carbons (Fsp3) is 0.692. The van der Waals surface area contributed by atoms with Gasteiger partial charge in [0.05, 0.1) is 11.8 Å². The van der Waals surface area contributed by atoms with Crippen molar-refractivity contribution >= 4 is 11.9 Å². The molecule has 1 fully saturated rings. The molecule has 1 aliphatic carbocycles. The van der Waals surface area contributed by atoms with E-state index in [9.17, 15) is 9.59 Å². The van der Waals surface area contributed by atoms with Crippen LogP contribution < -0.4 is 0 Å². The first kappa shape index (κ1) is 13.1. The summed E-state index contributed by atoms with van der Waals surface area (Å²) < 4.78 is 0. The quantitative estimate of drug-likeness (QED) is 0.718. The van der Waals surface area contributed by atoms with Gasteiger partial charge in [0.1, 0.15) is 0 Å². The second-order valence-corrected chi connectivity index (χ2v) is 5.12. The number of aliphatic carboxylic acids is 1. The van der Waals surface area contributed by atoms with Crippen LogP contribution in [0, 0.1) is 17.8 Å². The van der Waals surface area contributed by atoms with Gasteiger partial charge in [0.2, 0.25) is 5.91 Å². The first-order valence-corrected chi connectivity index (χ1v) is 6.41. The smallest absolute Gasteiger partial charge is 0.307 e. The Morgan fingerprint density at radius 3 is 2.44 bits per heavy atom. The summed E-state index contributed by atoms with van der Waals surface area (Å²) in [7, 11) is 0. The first-order valence-electron chi connectivity index (χ1n) is 6.41. The fourth-order valence-corrected chi connectivity index (χ4v) is 2.78. The highest BCUT2D eigenvalue weighted by molar-refractivity contribution is 5.85. The van der Waals surface area contributed by atoms with Crippen molar-refractivity contribution < 1.29 is 19.8 Å². The van der Waals surface area contributed by atoms with Crippen LogP contribution in [0.3, 0.4) is 0 Å². The molecular formula is C13H19NO4. The summed E-state index contributed by atoms with van der Waals surface area (Å²) >= 11 is 0. The number of allylic oxidation sites excluding steroid dienone is 2. The Morgan fingerprint density at radius 2 is 1.89 bits per heavy atom.